The van der Waals surface area contributed by atoms with E-state index in [1.54, 1.807) is 0 Å². The van der Waals surface area contributed by atoms with Gasteiger partial charge in [0.25, 0.3) is 0 Å². The van der Waals surface area contributed by atoms with Crippen molar-refractivity contribution in [1.29, 1.82) is 0 Å². The van der Waals surface area contributed by atoms with Crippen LogP contribution in [0.25, 0.3) is 0 Å². The average molecular weight is 203 g/mol. The lowest BCUT2D eigenvalue weighted by Crippen LogP contribution is -2.22. The molecule has 0 spiro atoms. The number of benzene rings is 1. The molecule has 0 N–H and O–H groups in total. The minimum atomic E-state index is 0.800. The minimum Gasteiger partial charge on any atom is -0.381 e. The number of ether oxygens (including phenoxy) is 1. The predicted molar refractivity (Wildman–Crippen MR) is 59.5 cm³/mol. The van der Waals surface area contributed by atoms with Crippen LogP contribution in [0.2, 0.25) is 0 Å². The minimum absolute atomic E-state index is 0.800. The first kappa shape index (κ1) is 9.37. The Labute approximate surface area is 90.8 Å². The molecular formula is C13H17NO. The number of rotatable bonds is 2. The van der Waals surface area contributed by atoms with Gasteiger partial charge in [-0.2, -0.15) is 0 Å². The zero-order valence-corrected chi connectivity index (χ0v) is 8.93. The van der Waals surface area contributed by atoms with E-state index >= 15 is 0 Å². The summed E-state index contributed by atoms with van der Waals surface area (Å²) in [5.74, 6) is 1.60. The molecule has 2 heterocycles. The van der Waals surface area contributed by atoms with Crippen molar-refractivity contribution in [2.75, 3.05) is 26.3 Å². The standard InChI is InChI=1S/C13H17NO/c1-2-4-11(5-3-1)6-14-7-12-9-15-10-13(12)8-14/h1-5,12-13H,6-10H2/t12-,13+. The molecule has 2 aliphatic rings. The van der Waals surface area contributed by atoms with E-state index in [1.165, 1.54) is 18.7 Å². The Morgan fingerprint density at radius 2 is 1.73 bits per heavy atom. The van der Waals surface area contributed by atoms with Gasteiger partial charge < -0.3 is 4.74 Å². The van der Waals surface area contributed by atoms with Crippen molar-refractivity contribution in [3.63, 3.8) is 0 Å². The van der Waals surface area contributed by atoms with E-state index in [0.29, 0.717) is 0 Å². The lowest BCUT2D eigenvalue weighted by atomic mass is 10.0. The normalized spacial score (nSPS) is 30.7. The summed E-state index contributed by atoms with van der Waals surface area (Å²) in [6.45, 7) is 5.51. The van der Waals surface area contributed by atoms with Crippen molar-refractivity contribution in [3.05, 3.63) is 35.9 Å². The molecule has 0 aromatic heterocycles. The Kier molecular flexibility index (Phi) is 2.47. The van der Waals surface area contributed by atoms with E-state index in [2.05, 4.69) is 35.2 Å². The maximum atomic E-state index is 5.48. The topological polar surface area (TPSA) is 12.5 Å². The highest BCUT2D eigenvalue weighted by molar-refractivity contribution is 5.14. The Morgan fingerprint density at radius 3 is 2.40 bits per heavy atom. The van der Waals surface area contributed by atoms with Crippen LogP contribution in [0.3, 0.4) is 0 Å². The molecular weight excluding hydrogens is 186 g/mol. The van der Waals surface area contributed by atoms with E-state index in [1.807, 2.05) is 0 Å². The fourth-order valence-corrected chi connectivity index (χ4v) is 2.76. The molecule has 2 atom stereocenters. The van der Waals surface area contributed by atoms with Crippen molar-refractivity contribution in [3.8, 4) is 0 Å². The largest absolute Gasteiger partial charge is 0.381 e. The van der Waals surface area contributed by atoms with Gasteiger partial charge in [0.2, 0.25) is 0 Å². The number of likely N-dealkylation sites (tertiary alicyclic amines) is 1. The fourth-order valence-electron chi connectivity index (χ4n) is 2.76. The zero-order chi connectivity index (χ0) is 10.1. The molecule has 0 unspecified atom stereocenters. The Balaban J connectivity index is 1.62. The van der Waals surface area contributed by atoms with Crippen molar-refractivity contribution < 1.29 is 4.74 Å². The van der Waals surface area contributed by atoms with Gasteiger partial charge in [0.05, 0.1) is 13.2 Å². The summed E-state index contributed by atoms with van der Waals surface area (Å²) in [5.41, 5.74) is 1.43. The van der Waals surface area contributed by atoms with Gasteiger partial charge in [0.15, 0.2) is 0 Å². The molecule has 0 bridgehead atoms. The van der Waals surface area contributed by atoms with E-state index < -0.39 is 0 Å². The van der Waals surface area contributed by atoms with Crippen LogP contribution < -0.4 is 0 Å². The molecule has 80 valence electrons. The number of nitrogens with zero attached hydrogens (tertiary/aromatic N) is 1. The third kappa shape index (κ3) is 1.92. The highest BCUT2D eigenvalue weighted by atomic mass is 16.5. The summed E-state index contributed by atoms with van der Waals surface area (Å²) in [6.07, 6.45) is 0. The van der Waals surface area contributed by atoms with Gasteiger partial charge in [0.1, 0.15) is 0 Å². The molecule has 2 fully saturated rings. The van der Waals surface area contributed by atoms with E-state index in [-0.39, 0.29) is 0 Å². The summed E-state index contributed by atoms with van der Waals surface area (Å²) in [5, 5.41) is 0. The molecule has 2 saturated heterocycles. The van der Waals surface area contributed by atoms with Crippen LogP contribution in [0.15, 0.2) is 30.3 Å². The van der Waals surface area contributed by atoms with Gasteiger partial charge in [-0.05, 0) is 5.56 Å². The van der Waals surface area contributed by atoms with Crippen LogP contribution in [0, 0.1) is 11.8 Å². The number of fused-ring (bicyclic) bond motifs is 1. The lowest BCUT2D eigenvalue weighted by molar-refractivity contribution is 0.153. The Bertz CT molecular complexity index is 313. The summed E-state index contributed by atoms with van der Waals surface area (Å²) in [7, 11) is 0. The summed E-state index contributed by atoms with van der Waals surface area (Å²) in [6, 6.07) is 10.7. The van der Waals surface area contributed by atoms with Crippen molar-refractivity contribution in [1.82, 2.24) is 4.90 Å². The second-order valence-electron chi connectivity index (χ2n) is 4.74. The first-order chi connectivity index (χ1) is 7.42. The van der Waals surface area contributed by atoms with Crippen molar-refractivity contribution in [2.24, 2.45) is 11.8 Å². The molecule has 2 nitrogen and oxygen atoms in total. The smallest absolute Gasteiger partial charge is 0.0510 e. The summed E-state index contributed by atoms with van der Waals surface area (Å²) >= 11 is 0. The lowest BCUT2D eigenvalue weighted by Gasteiger charge is -2.16. The zero-order valence-electron chi connectivity index (χ0n) is 8.93. The fraction of sp³-hybridized carbons (Fsp3) is 0.538. The quantitative estimate of drug-likeness (QED) is 0.726. The molecule has 2 aliphatic heterocycles. The van der Waals surface area contributed by atoms with Crippen LogP contribution in [-0.2, 0) is 11.3 Å². The van der Waals surface area contributed by atoms with Gasteiger partial charge in [-0.25, -0.2) is 0 Å². The first-order valence-electron chi connectivity index (χ1n) is 5.76. The van der Waals surface area contributed by atoms with Gasteiger partial charge >= 0.3 is 0 Å². The number of hydrogen-bond donors (Lipinski definition) is 0. The molecule has 3 rings (SSSR count). The van der Waals surface area contributed by atoms with Crippen LogP contribution in [-0.4, -0.2) is 31.2 Å². The summed E-state index contributed by atoms with van der Waals surface area (Å²) < 4.78 is 5.48. The first-order valence-corrected chi connectivity index (χ1v) is 5.76. The second kappa shape index (κ2) is 3.95. The maximum absolute atomic E-state index is 5.48. The van der Waals surface area contributed by atoms with Gasteiger partial charge in [-0.1, -0.05) is 30.3 Å². The van der Waals surface area contributed by atoms with E-state index in [0.717, 1.165) is 31.6 Å². The van der Waals surface area contributed by atoms with Gasteiger partial charge in [-0.15, -0.1) is 0 Å². The Hall–Kier alpha value is -0.860. The molecule has 0 saturated carbocycles. The highest BCUT2D eigenvalue weighted by Crippen LogP contribution is 2.29. The predicted octanol–water partition coefficient (Wildman–Crippen LogP) is 1.76. The molecule has 1 aromatic carbocycles. The maximum Gasteiger partial charge on any atom is 0.0510 e. The second-order valence-corrected chi connectivity index (χ2v) is 4.74. The number of hydrogen-bond acceptors (Lipinski definition) is 2. The third-order valence-corrected chi connectivity index (χ3v) is 3.56. The summed E-state index contributed by atoms with van der Waals surface area (Å²) in [4.78, 5) is 2.56. The Morgan fingerprint density at radius 1 is 1.07 bits per heavy atom. The molecule has 15 heavy (non-hydrogen) atoms. The SMILES string of the molecule is c1ccc(CN2C[C@H]3COC[C@H]3C2)cc1. The highest BCUT2D eigenvalue weighted by Gasteiger charge is 2.36. The molecule has 2 heteroatoms. The third-order valence-electron chi connectivity index (χ3n) is 3.56. The van der Waals surface area contributed by atoms with E-state index in [4.69, 9.17) is 4.74 Å². The van der Waals surface area contributed by atoms with Crippen LogP contribution in [0.1, 0.15) is 5.56 Å². The van der Waals surface area contributed by atoms with E-state index in [9.17, 15) is 0 Å². The van der Waals surface area contributed by atoms with Gasteiger partial charge in [0, 0.05) is 31.5 Å². The van der Waals surface area contributed by atoms with Crippen LogP contribution >= 0.6 is 0 Å². The average Bonchev–Trinajstić information content (AvgIpc) is 2.79. The molecule has 0 radical (unpaired) electrons. The van der Waals surface area contributed by atoms with Gasteiger partial charge in [-0.3, -0.25) is 4.90 Å². The molecule has 0 amide bonds. The van der Waals surface area contributed by atoms with Crippen LogP contribution in [0.4, 0.5) is 0 Å². The van der Waals surface area contributed by atoms with Crippen LogP contribution in [0.5, 0.6) is 0 Å². The van der Waals surface area contributed by atoms with Crippen molar-refractivity contribution >= 4 is 0 Å². The molecule has 1 aromatic rings. The molecule has 0 aliphatic carbocycles. The monoisotopic (exact) mass is 203 g/mol. The van der Waals surface area contributed by atoms with Crippen molar-refractivity contribution in [2.45, 2.75) is 6.54 Å².